The van der Waals surface area contributed by atoms with E-state index in [1.54, 1.807) is 6.07 Å². The molecule has 20 heavy (non-hydrogen) atoms. The second kappa shape index (κ2) is 4.81. The molecular weight excluding hydrogens is 264 g/mol. The molecule has 2 aromatic rings. The first-order valence-corrected chi connectivity index (χ1v) is 5.43. The van der Waals surface area contributed by atoms with Crippen molar-refractivity contribution in [2.24, 2.45) is 7.05 Å². The minimum absolute atomic E-state index is 0.118. The Labute approximate surface area is 111 Å². The molecule has 0 saturated carbocycles. The summed E-state index contributed by atoms with van der Waals surface area (Å²) in [6.45, 7) is 0. The fourth-order valence-corrected chi connectivity index (χ4v) is 1.67. The summed E-state index contributed by atoms with van der Waals surface area (Å²) in [5, 5.41) is 19.4. The van der Waals surface area contributed by atoms with Gasteiger partial charge in [0.05, 0.1) is 10.6 Å². The van der Waals surface area contributed by atoms with Crippen LogP contribution in [0.25, 0.3) is 5.69 Å². The van der Waals surface area contributed by atoms with Gasteiger partial charge in [-0.25, -0.2) is 4.79 Å². The summed E-state index contributed by atoms with van der Waals surface area (Å²) in [5.74, 6) is 0. The molecule has 0 radical (unpaired) electrons. The third-order valence-electron chi connectivity index (χ3n) is 2.75. The van der Waals surface area contributed by atoms with Gasteiger partial charge in [0.15, 0.2) is 0 Å². The Bertz CT molecular complexity index is 840. The lowest BCUT2D eigenvalue weighted by Crippen LogP contribution is -2.38. The number of rotatable bonds is 2. The summed E-state index contributed by atoms with van der Waals surface area (Å²) in [6.07, 6.45) is 1.12. The normalized spacial score (nSPS) is 10.0. The van der Waals surface area contributed by atoms with Gasteiger partial charge in [-0.2, -0.15) is 5.26 Å². The van der Waals surface area contributed by atoms with E-state index in [2.05, 4.69) is 0 Å². The van der Waals surface area contributed by atoms with Gasteiger partial charge >= 0.3 is 5.69 Å². The number of nitriles is 1. The monoisotopic (exact) mass is 272 g/mol. The number of hydrogen-bond acceptors (Lipinski definition) is 5. The predicted molar refractivity (Wildman–Crippen MR) is 68.6 cm³/mol. The maximum atomic E-state index is 12.0. The van der Waals surface area contributed by atoms with Crippen molar-refractivity contribution in [2.75, 3.05) is 0 Å². The highest BCUT2D eigenvalue weighted by molar-refractivity contribution is 5.41. The number of hydrogen-bond donors (Lipinski definition) is 0. The van der Waals surface area contributed by atoms with Crippen LogP contribution in [-0.4, -0.2) is 14.1 Å². The molecule has 0 amide bonds. The summed E-state index contributed by atoms with van der Waals surface area (Å²) in [6, 6.07) is 6.90. The zero-order valence-corrected chi connectivity index (χ0v) is 10.3. The molecule has 1 heterocycles. The molecule has 0 atom stereocenters. The number of nitro benzene ring substituents is 1. The van der Waals surface area contributed by atoms with Crippen LogP contribution < -0.4 is 11.2 Å². The molecule has 0 aliphatic heterocycles. The minimum atomic E-state index is -0.685. The molecule has 0 aliphatic carbocycles. The van der Waals surface area contributed by atoms with Crippen molar-refractivity contribution in [2.45, 2.75) is 0 Å². The molecule has 100 valence electrons. The van der Waals surface area contributed by atoms with Crippen molar-refractivity contribution in [1.29, 1.82) is 5.26 Å². The predicted octanol–water partition coefficient (Wildman–Crippen LogP) is 0.316. The highest BCUT2D eigenvalue weighted by Gasteiger charge is 2.11. The number of benzene rings is 1. The maximum Gasteiger partial charge on any atom is 0.335 e. The summed E-state index contributed by atoms with van der Waals surface area (Å²) in [4.78, 5) is 33.5. The number of nitro groups is 1. The van der Waals surface area contributed by atoms with Crippen LogP contribution in [-0.2, 0) is 7.05 Å². The average molecular weight is 272 g/mol. The summed E-state index contributed by atoms with van der Waals surface area (Å²) in [5.41, 5.74) is -1.30. The molecule has 0 fully saturated rings. The highest BCUT2D eigenvalue weighted by atomic mass is 16.6. The molecule has 8 nitrogen and oxygen atoms in total. The van der Waals surface area contributed by atoms with Crippen LogP contribution >= 0.6 is 0 Å². The van der Waals surface area contributed by atoms with Gasteiger partial charge in [-0.15, -0.1) is 0 Å². The van der Waals surface area contributed by atoms with Crippen LogP contribution in [0.15, 0.2) is 40.1 Å². The lowest BCUT2D eigenvalue weighted by Gasteiger charge is -2.07. The van der Waals surface area contributed by atoms with Crippen molar-refractivity contribution in [3.63, 3.8) is 0 Å². The summed E-state index contributed by atoms with van der Waals surface area (Å²) < 4.78 is 1.89. The van der Waals surface area contributed by atoms with E-state index < -0.39 is 16.2 Å². The summed E-state index contributed by atoms with van der Waals surface area (Å²) >= 11 is 0. The standard InChI is InChI=1S/C12H8N4O4/c1-14-11(17)8(6-13)7-15(12(14)18)9-2-4-10(5-3-9)16(19)20/h2-5,7H,1H3. The zero-order valence-electron chi connectivity index (χ0n) is 10.3. The van der Waals surface area contributed by atoms with Crippen LogP contribution in [0.4, 0.5) is 5.69 Å². The van der Waals surface area contributed by atoms with Crippen molar-refractivity contribution < 1.29 is 4.92 Å². The van der Waals surface area contributed by atoms with Gasteiger partial charge in [0.2, 0.25) is 0 Å². The molecule has 0 unspecified atom stereocenters. The molecular formula is C12H8N4O4. The molecule has 0 saturated heterocycles. The fourth-order valence-electron chi connectivity index (χ4n) is 1.67. The van der Waals surface area contributed by atoms with Gasteiger partial charge in [0.1, 0.15) is 11.6 Å². The van der Waals surface area contributed by atoms with Crippen LogP contribution in [0.5, 0.6) is 0 Å². The van der Waals surface area contributed by atoms with Gasteiger partial charge < -0.3 is 0 Å². The second-order valence-corrected chi connectivity index (χ2v) is 3.94. The third-order valence-corrected chi connectivity index (χ3v) is 2.75. The lowest BCUT2D eigenvalue weighted by atomic mass is 10.2. The second-order valence-electron chi connectivity index (χ2n) is 3.94. The quantitative estimate of drug-likeness (QED) is 0.577. The largest absolute Gasteiger partial charge is 0.335 e. The molecule has 0 aliphatic rings. The zero-order chi connectivity index (χ0) is 14.9. The van der Waals surface area contributed by atoms with Crippen molar-refractivity contribution in [3.8, 4) is 11.8 Å². The molecule has 0 N–H and O–H groups in total. The fraction of sp³-hybridized carbons (Fsp3) is 0.0833. The Hall–Kier alpha value is -3.21. The molecule has 0 spiro atoms. The maximum absolute atomic E-state index is 12.0. The molecule has 8 heteroatoms. The summed E-state index contributed by atoms with van der Waals surface area (Å²) in [7, 11) is 1.26. The third kappa shape index (κ3) is 2.08. The van der Waals surface area contributed by atoms with E-state index in [1.165, 1.54) is 31.3 Å². The highest BCUT2D eigenvalue weighted by Crippen LogP contribution is 2.13. The molecule has 2 rings (SSSR count). The number of nitrogens with zero attached hydrogens (tertiary/aromatic N) is 4. The molecule has 0 bridgehead atoms. The molecule has 1 aromatic carbocycles. The van der Waals surface area contributed by atoms with Gasteiger partial charge in [-0.1, -0.05) is 0 Å². The first-order valence-electron chi connectivity index (χ1n) is 5.43. The smallest absolute Gasteiger partial charge is 0.268 e. The number of non-ortho nitro benzene ring substituents is 1. The van der Waals surface area contributed by atoms with E-state index in [0.29, 0.717) is 5.69 Å². The Morgan fingerprint density at radius 2 is 1.85 bits per heavy atom. The van der Waals surface area contributed by atoms with Gasteiger partial charge in [-0.05, 0) is 12.1 Å². The Morgan fingerprint density at radius 1 is 1.25 bits per heavy atom. The van der Waals surface area contributed by atoms with Gasteiger partial charge in [0, 0.05) is 25.4 Å². The minimum Gasteiger partial charge on any atom is -0.268 e. The van der Waals surface area contributed by atoms with Crippen LogP contribution in [0.2, 0.25) is 0 Å². The Kier molecular flexibility index (Phi) is 3.18. The average Bonchev–Trinajstić information content (AvgIpc) is 2.45. The first-order chi connectivity index (χ1) is 9.45. The van der Waals surface area contributed by atoms with Gasteiger partial charge in [0.25, 0.3) is 11.2 Å². The van der Waals surface area contributed by atoms with Crippen molar-refractivity contribution in [1.82, 2.24) is 9.13 Å². The van der Waals surface area contributed by atoms with E-state index >= 15 is 0 Å². The lowest BCUT2D eigenvalue weighted by molar-refractivity contribution is -0.384. The Balaban J connectivity index is 2.68. The van der Waals surface area contributed by atoms with E-state index in [9.17, 15) is 19.7 Å². The topological polar surface area (TPSA) is 111 Å². The van der Waals surface area contributed by atoms with Crippen molar-refractivity contribution in [3.05, 3.63) is 67.0 Å². The van der Waals surface area contributed by atoms with Crippen LogP contribution in [0.1, 0.15) is 5.56 Å². The van der Waals surface area contributed by atoms with Crippen molar-refractivity contribution >= 4 is 5.69 Å². The van der Waals surface area contributed by atoms with E-state index in [1.807, 2.05) is 0 Å². The SMILES string of the molecule is Cn1c(=O)c(C#N)cn(-c2ccc([N+](=O)[O-])cc2)c1=O. The number of aromatic nitrogens is 2. The van der Waals surface area contributed by atoms with E-state index in [-0.39, 0.29) is 11.3 Å². The van der Waals surface area contributed by atoms with Crippen LogP contribution in [0, 0.1) is 21.4 Å². The molecule has 1 aromatic heterocycles. The van der Waals surface area contributed by atoms with E-state index in [4.69, 9.17) is 5.26 Å². The Morgan fingerprint density at radius 3 is 2.35 bits per heavy atom. The van der Waals surface area contributed by atoms with Gasteiger partial charge in [-0.3, -0.25) is 24.0 Å². The van der Waals surface area contributed by atoms with E-state index in [0.717, 1.165) is 15.3 Å². The first kappa shape index (κ1) is 13.2. The van der Waals surface area contributed by atoms with Crippen LogP contribution in [0.3, 0.4) is 0 Å².